The van der Waals surface area contributed by atoms with Crippen LogP contribution in [0, 0.1) is 0 Å². The molecule has 10 aromatic rings. The summed E-state index contributed by atoms with van der Waals surface area (Å²) >= 11 is 1.96. The maximum Gasteiger partial charge on any atom is 0.333 e. The van der Waals surface area contributed by atoms with Crippen molar-refractivity contribution in [2.45, 2.75) is 104 Å². The highest BCUT2D eigenvalue weighted by atomic mass is 32.1. The number of hydrogen-bond donors (Lipinski definition) is 0. The van der Waals surface area contributed by atoms with E-state index in [9.17, 15) is 0 Å². The first-order chi connectivity index (χ1) is 33.0. The monoisotopic (exact) mass is 914 g/mol. The number of benzene rings is 8. The zero-order chi connectivity index (χ0) is 47.5. The van der Waals surface area contributed by atoms with Crippen LogP contribution in [-0.4, -0.2) is 6.85 Å². The van der Waals surface area contributed by atoms with Gasteiger partial charge in [-0.1, -0.05) is 166 Å². The standard InChI is InChI=1S/C64H59BN2OS/c1-61(2,3)39-24-27-41(28-25-39)67-52-37-49-48(63(7,8)32-33-64(49,9)10)35-47(52)56-57-53(36-46-43-21-15-17-23-55(43)69-60(46)56)66(51-31-26-40(62(4,5)6)34-45(51)38-18-12-11-13-19-38)58-50(65(57)67)30-29-44-42-20-14-16-22-54(42)68-59(44)58/h11-31,34-37H,32-33H2,1-10H3. The van der Waals surface area contributed by atoms with Crippen molar-refractivity contribution >= 4 is 99.7 Å². The molecule has 0 unspecified atom stereocenters. The fourth-order valence-corrected chi connectivity index (χ4v) is 13.5. The Bertz CT molecular complexity index is 3760. The molecule has 0 radical (unpaired) electrons. The van der Waals surface area contributed by atoms with Gasteiger partial charge < -0.3 is 14.1 Å². The first-order valence-electron chi connectivity index (χ1n) is 25.0. The van der Waals surface area contributed by atoms with Crippen LogP contribution in [0.4, 0.5) is 28.4 Å². The van der Waals surface area contributed by atoms with Crippen molar-refractivity contribution in [2.24, 2.45) is 0 Å². The Labute approximate surface area is 411 Å². The van der Waals surface area contributed by atoms with E-state index in [2.05, 4.69) is 231 Å². The summed E-state index contributed by atoms with van der Waals surface area (Å²) in [6.45, 7) is 23.6. The summed E-state index contributed by atoms with van der Waals surface area (Å²) in [4.78, 5) is 5.34. The smallest absolute Gasteiger partial charge is 0.333 e. The van der Waals surface area contributed by atoms with Crippen LogP contribution in [0.3, 0.4) is 0 Å². The summed E-state index contributed by atoms with van der Waals surface area (Å²) in [5.41, 5.74) is 21.0. The third-order valence-electron chi connectivity index (χ3n) is 16.2. The Morgan fingerprint density at radius 3 is 1.93 bits per heavy atom. The minimum absolute atomic E-state index is 0.0173. The lowest BCUT2D eigenvalue weighted by Crippen LogP contribution is -2.61. The summed E-state index contributed by atoms with van der Waals surface area (Å²) in [7, 11) is 0. The van der Waals surface area contributed by atoms with Crippen LogP contribution in [0.25, 0.3) is 64.4 Å². The molecule has 0 amide bonds. The van der Waals surface area contributed by atoms with Gasteiger partial charge in [-0.25, -0.2) is 0 Å². The van der Waals surface area contributed by atoms with E-state index in [1.165, 1.54) is 92.7 Å². The molecule has 0 bridgehead atoms. The Balaban J connectivity index is 1.24. The Morgan fingerprint density at radius 1 is 0.551 bits per heavy atom. The fourth-order valence-electron chi connectivity index (χ4n) is 12.2. The number of nitrogens with zero attached hydrogens (tertiary/aromatic N) is 2. The molecule has 8 aromatic carbocycles. The second-order valence-corrected chi connectivity index (χ2v) is 24.6. The Hall–Kier alpha value is -6.56. The van der Waals surface area contributed by atoms with Gasteiger partial charge in [0.2, 0.25) is 0 Å². The fraction of sp³-hybridized carbons (Fsp3) is 0.250. The number of furan rings is 1. The average Bonchev–Trinajstić information content (AvgIpc) is 3.91. The summed E-state index contributed by atoms with van der Waals surface area (Å²) < 4.78 is 9.92. The maximum absolute atomic E-state index is 7.26. The van der Waals surface area contributed by atoms with E-state index in [4.69, 9.17) is 4.42 Å². The number of anilines is 5. The number of rotatable bonds is 3. The third kappa shape index (κ3) is 6.25. The molecular formula is C64H59BN2OS. The van der Waals surface area contributed by atoms with E-state index in [1.54, 1.807) is 0 Å². The number of fused-ring (bicyclic) bond motifs is 13. The number of para-hydroxylation sites is 1. The second kappa shape index (κ2) is 14.5. The predicted molar refractivity (Wildman–Crippen MR) is 298 cm³/mol. The van der Waals surface area contributed by atoms with Crippen LogP contribution in [0.2, 0.25) is 0 Å². The normalized spacial score (nSPS) is 16.0. The second-order valence-electron chi connectivity index (χ2n) is 23.6. The highest BCUT2D eigenvalue weighted by molar-refractivity contribution is 7.26. The zero-order valence-corrected chi connectivity index (χ0v) is 42.5. The van der Waals surface area contributed by atoms with Gasteiger partial charge in [-0.15, -0.1) is 11.3 Å². The third-order valence-corrected chi connectivity index (χ3v) is 17.4. The van der Waals surface area contributed by atoms with E-state index in [1.807, 2.05) is 11.3 Å². The van der Waals surface area contributed by atoms with Crippen molar-refractivity contribution in [3.8, 4) is 22.3 Å². The van der Waals surface area contributed by atoms with Gasteiger partial charge in [0.25, 0.3) is 0 Å². The molecule has 1 aliphatic carbocycles. The van der Waals surface area contributed by atoms with E-state index in [0.717, 1.165) is 46.2 Å². The van der Waals surface area contributed by atoms with Crippen molar-refractivity contribution in [2.75, 3.05) is 9.71 Å². The topological polar surface area (TPSA) is 19.6 Å². The van der Waals surface area contributed by atoms with Crippen LogP contribution >= 0.6 is 11.3 Å². The van der Waals surface area contributed by atoms with E-state index in [-0.39, 0.29) is 28.5 Å². The van der Waals surface area contributed by atoms with Gasteiger partial charge in [0, 0.05) is 64.7 Å². The van der Waals surface area contributed by atoms with Crippen molar-refractivity contribution in [1.82, 2.24) is 0 Å². The molecule has 340 valence electrons. The first kappa shape index (κ1) is 42.5. The van der Waals surface area contributed by atoms with Crippen LogP contribution in [0.1, 0.15) is 104 Å². The molecule has 2 aliphatic heterocycles. The molecule has 2 aromatic heterocycles. The van der Waals surface area contributed by atoms with E-state index >= 15 is 0 Å². The van der Waals surface area contributed by atoms with Gasteiger partial charge in [-0.3, -0.25) is 0 Å². The largest absolute Gasteiger partial charge is 0.454 e. The quantitative estimate of drug-likeness (QED) is 0.165. The lowest BCUT2D eigenvalue weighted by Gasteiger charge is -2.48. The predicted octanol–water partition coefficient (Wildman–Crippen LogP) is 17.3. The molecule has 3 aliphatic rings. The Kier molecular flexibility index (Phi) is 8.94. The van der Waals surface area contributed by atoms with Crippen molar-refractivity contribution in [3.63, 3.8) is 0 Å². The van der Waals surface area contributed by atoms with Crippen LogP contribution in [0.15, 0.2) is 156 Å². The molecule has 0 N–H and O–H groups in total. The van der Waals surface area contributed by atoms with Gasteiger partial charge in [0.05, 0.1) is 11.4 Å². The number of hydrogen-bond acceptors (Lipinski definition) is 4. The van der Waals surface area contributed by atoms with Crippen LogP contribution in [0.5, 0.6) is 0 Å². The number of thiophene rings is 1. The SMILES string of the molecule is CC(C)(C)c1ccc(N2B3c4ccc5c(oc6ccccc65)c4N(c4ccc(C(C)(C)C)cc4-c4ccccc4)c4cc5c(sc6ccccc65)c(c43)-c3cc4c(cc32)C(C)(C)CCC4(C)C)cc1. The lowest BCUT2D eigenvalue weighted by molar-refractivity contribution is 0.332. The molecule has 0 atom stereocenters. The van der Waals surface area contributed by atoms with E-state index in [0.29, 0.717) is 0 Å². The van der Waals surface area contributed by atoms with Gasteiger partial charge in [0.15, 0.2) is 5.58 Å². The summed E-state index contributed by atoms with van der Waals surface area (Å²) in [5, 5.41) is 4.86. The van der Waals surface area contributed by atoms with Crippen molar-refractivity contribution in [1.29, 1.82) is 0 Å². The summed E-state index contributed by atoms with van der Waals surface area (Å²) in [6.07, 6.45) is 2.30. The summed E-state index contributed by atoms with van der Waals surface area (Å²) in [5.74, 6) is 0. The molecule has 4 heterocycles. The van der Waals surface area contributed by atoms with Crippen molar-refractivity contribution in [3.05, 3.63) is 174 Å². The lowest BCUT2D eigenvalue weighted by atomic mass is 9.43. The van der Waals surface area contributed by atoms with Gasteiger partial charge in [-0.2, -0.15) is 0 Å². The average molecular weight is 915 g/mol. The molecular weight excluding hydrogens is 856 g/mol. The van der Waals surface area contributed by atoms with Crippen molar-refractivity contribution < 1.29 is 4.42 Å². The molecule has 3 nitrogen and oxygen atoms in total. The minimum Gasteiger partial charge on any atom is -0.454 e. The minimum atomic E-state index is -0.173. The Morgan fingerprint density at radius 2 is 1.20 bits per heavy atom. The zero-order valence-electron chi connectivity index (χ0n) is 41.6. The molecule has 0 saturated carbocycles. The molecule has 13 rings (SSSR count). The molecule has 0 spiro atoms. The van der Waals surface area contributed by atoms with Crippen LogP contribution in [-0.2, 0) is 21.7 Å². The molecule has 5 heteroatoms. The maximum atomic E-state index is 7.26. The highest BCUT2D eigenvalue weighted by Crippen LogP contribution is 2.57. The summed E-state index contributed by atoms with van der Waals surface area (Å²) in [6, 6.07) is 58.0. The van der Waals surface area contributed by atoms with Crippen LogP contribution < -0.4 is 20.6 Å². The van der Waals surface area contributed by atoms with Gasteiger partial charge in [0.1, 0.15) is 5.58 Å². The van der Waals surface area contributed by atoms with Gasteiger partial charge in [-0.05, 0) is 128 Å². The molecule has 0 saturated heterocycles. The highest BCUT2D eigenvalue weighted by Gasteiger charge is 2.49. The molecule has 69 heavy (non-hydrogen) atoms. The van der Waals surface area contributed by atoms with E-state index < -0.39 is 0 Å². The molecule has 0 fully saturated rings. The van der Waals surface area contributed by atoms with Gasteiger partial charge >= 0.3 is 6.85 Å². The first-order valence-corrected chi connectivity index (χ1v) is 25.8.